The van der Waals surface area contributed by atoms with Crippen molar-refractivity contribution in [3.63, 3.8) is 0 Å². The van der Waals surface area contributed by atoms with Gasteiger partial charge in [0.2, 0.25) is 0 Å². The SMILES string of the molecule is CCCCC#C/C(CC)=C(CC)\C(CC)=C(/I)CC. The first kappa shape index (κ1) is 18.8. The lowest BCUT2D eigenvalue weighted by molar-refractivity contribution is 0.827. The summed E-state index contributed by atoms with van der Waals surface area (Å²) in [6.07, 6.45) is 7.89. The van der Waals surface area contributed by atoms with Crippen molar-refractivity contribution in [1.82, 2.24) is 0 Å². The van der Waals surface area contributed by atoms with Crippen molar-refractivity contribution in [2.45, 2.75) is 79.6 Å². The average molecular weight is 372 g/mol. The van der Waals surface area contributed by atoms with Crippen LogP contribution in [0, 0.1) is 11.8 Å². The van der Waals surface area contributed by atoms with Gasteiger partial charge in [-0.15, -0.1) is 0 Å². The van der Waals surface area contributed by atoms with Crippen molar-refractivity contribution in [1.29, 1.82) is 0 Å². The van der Waals surface area contributed by atoms with Gasteiger partial charge in [-0.2, -0.15) is 0 Å². The Bertz CT molecular complexity index is 374. The maximum Gasteiger partial charge on any atom is 0.00922 e. The van der Waals surface area contributed by atoms with E-state index in [-0.39, 0.29) is 0 Å². The number of hydrogen-bond donors (Lipinski definition) is 0. The van der Waals surface area contributed by atoms with Gasteiger partial charge in [-0.3, -0.25) is 0 Å². The lowest BCUT2D eigenvalue weighted by Crippen LogP contribution is -1.96. The Kier molecular flexibility index (Phi) is 11.4. The maximum absolute atomic E-state index is 3.44. The molecular weight excluding hydrogens is 343 g/mol. The van der Waals surface area contributed by atoms with Crippen LogP contribution in [0.15, 0.2) is 20.3 Å². The van der Waals surface area contributed by atoms with Gasteiger partial charge in [-0.1, -0.05) is 52.9 Å². The van der Waals surface area contributed by atoms with Crippen LogP contribution in [0.5, 0.6) is 0 Å². The molecular formula is C18H29I. The van der Waals surface area contributed by atoms with E-state index in [2.05, 4.69) is 69.1 Å². The lowest BCUT2D eigenvalue weighted by atomic mass is 9.93. The summed E-state index contributed by atoms with van der Waals surface area (Å²) < 4.78 is 1.50. The van der Waals surface area contributed by atoms with E-state index in [0.717, 1.165) is 32.1 Å². The van der Waals surface area contributed by atoms with Crippen molar-refractivity contribution in [3.05, 3.63) is 20.3 Å². The summed E-state index contributed by atoms with van der Waals surface area (Å²) in [5.41, 5.74) is 4.39. The minimum atomic E-state index is 1.03. The molecule has 0 spiro atoms. The molecule has 0 aromatic rings. The van der Waals surface area contributed by atoms with Crippen molar-refractivity contribution < 1.29 is 0 Å². The molecule has 0 heterocycles. The molecule has 0 N–H and O–H groups in total. The molecule has 108 valence electrons. The molecule has 0 atom stereocenters. The molecule has 0 aliphatic heterocycles. The Balaban J connectivity index is 5.41. The van der Waals surface area contributed by atoms with Crippen LogP contribution in [0.2, 0.25) is 0 Å². The van der Waals surface area contributed by atoms with Gasteiger partial charge in [0.1, 0.15) is 0 Å². The number of hydrogen-bond acceptors (Lipinski definition) is 0. The van der Waals surface area contributed by atoms with Gasteiger partial charge in [-0.05, 0) is 69.4 Å². The molecule has 1 heteroatoms. The van der Waals surface area contributed by atoms with E-state index in [1.54, 1.807) is 0 Å². The van der Waals surface area contributed by atoms with Crippen LogP contribution in [0.1, 0.15) is 79.6 Å². The normalized spacial score (nSPS) is 13.4. The highest BCUT2D eigenvalue weighted by atomic mass is 127. The Morgan fingerprint density at radius 1 is 0.842 bits per heavy atom. The van der Waals surface area contributed by atoms with Crippen LogP contribution in [-0.4, -0.2) is 0 Å². The second kappa shape index (κ2) is 11.6. The molecule has 0 aromatic carbocycles. The summed E-state index contributed by atoms with van der Waals surface area (Å²) in [5.74, 6) is 6.80. The minimum Gasteiger partial charge on any atom is -0.0982 e. The first-order valence-electron chi connectivity index (χ1n) is 7.74. The fourth-order valence-corrected chi connectivity index (χ4v) is 2.91. The fourth-order valence-electron chi connectivity index (χ4n) is 2.20. The molecule has 0 fully saturated rings. The third-order valence-corrected chi connectivity index (χ3v) is 4.74. The highest BCUT2D eigenvalue weighted by Crippen LogP contribution is 2.30. The summed E-state index contributed by atoms with van der Waals surface area (Å²) in [5, 5.41) is 0. The summed E-state index contributed by atoms with van der Waals surface area (Å²) >= 11 is 2.50. The minimum absolute atomic E-state index is 1.03. The Hall–Kier alpha value is -0.230. The molecule has 0 bridgehead atoms. The third kappa shape index (κ3) is 6.65. The van der Waals surface area contributed by atoms with Crippen molar-refractivity contribution in [2.24, 2.45) is 0 Å². The standard InChI is InChI=1S/C18H29I/c1-6-11-12-13-14-15(7-2)16(8-3)17(9-4)18(19)10-5/h6-12H2,1-5H3/b16-15-,18-17-. The third-order valence-electron chi connectivity index (χ3n) is 3.32. The first-order valence-corrected chi connectivity index (χ1v) is 8.82. The largest absolute Gasteiger partial charge is 0.0982 e. The van der Waals surface area contributed by atoms with E-state index in [0.29, 0.717) is 0 Å². The molecule has 0 saturated heterocycles. The van der Waals surface area contributed by atoms with E-state index in [1.807, 2.05) is 0 Å². The maximum atomic E-state index is 3.44. The highest BCUT2D eigenvalue weighted by Gasteiger charge is 2.09. The molecule has 0 rings (SSSR count). The predicted molar refractivity (Wildman–Crippen MR) is 96.5 cm³/mol. The predicted octanol–water partition coefficient (Wildman–Crippen LogP) is 6.81. The van der Waals surface area contributed by atoms with E-state index < -0.39 is 0 Å². The van der Waals surface area contributed by atoms with Crippen LogP contribution < -0.4 is 0 Å². The molecule has 0 unspecified atom stereocenters. The number of halogens is 1. The average Bonchev–Trinajstić information content (AvgIpc) is 2.45. The fraction of sp³-hybridized carbons (Fsp3) is 0.667. The van der Waals surface area contributed by atoms with Crippen LogP contribution in [-0.2, 0) is 0 Å². The van der Waals surface area contributed by atoms with Crippen LogP contribution in [0.25, 0.3) is 0 Å². The van der Waals surface area contributed by atoms with Gasteiger partial charge in [0.05, 0.1) is 0 Å². The highest BCUT2D eigenvalue weighted by molar-refractivity contribution is 14.1. The van der Waals surface area contributed by atoms with Gasteiger partial charge in [0.15, 0.2) is 0 Å². The molecule has 0 nitrogen and oxygen atoms in total. The van der Waals surface area contributed by atoms with E-state index in [9.17, 15) is 0 Å². The number of unbranched alkanes of at least 4 members (excludes halogenated alkanes) is 2. The van der Waals surface area contributed by atoms with Crippen molar-refractivity contribution in [3.8, 4) is 11.8 Å². The molecule has 0 amide bonds. The molecule has 0 aromatic heterocycles. The second-order valence-corrected chi connectivity index (χ2v) is 5.96. The number of rotatable bonds is 7. The monoisotopic (exact) mass is 372 g/mol. The van der Waals surface area contributed by atoms with Crippen LogP contribution >= 0.6 is 22.6 Å². The topological polar surface area (TPSA) is 0 Å². The molecule has 0 saturated carbocycles. The van der Waals surface area contributed by atoms with Crippen molar-refractivity contribution >= 4 is 22.6 Å². The summed E-state index contributed by atoms with van der Waals surface area (Å²) in [7, 11) is 0. The van der Waals surface area contributed by atoms with Crippen molar-refractivity contribution in [2.75, 3.05) is 0 Å². The smallest absolute Gasteiger partial charge is 0.00922 e. The first-order chi connectivity index (χ1) is 9.15. The van der Waals surface area contributed by atoms with E-state index in [4.69, 9.17) is 0 Å². The number of allylic oxidation sites excluding steroid dienone is 4. The lowest BCUT2D eigenvalue weighted by Gasteiger charge is -2.14. The summed E-state index contributed by atoms with van der Waals surface area (Å²) in [6.45, 7) is 11.2. The zero-order chi connectivity index (χ0) is 14.7. The van der Waals surface area contributed by atoms with Crippen LogP contribution in [0.4, 0.5) is 0 Å². The Morgan fingerprint density at radius 2 is 1.47 bits per heavy atom. The zero-order valence-electron chi connectivity index (χ0n) is 13.3. The molecule has 0 aliphatic rings. The van der Waals surface area contributed by atoms with E-state index in [1.165, 1.54) is 33.1 Å². The summed E-state index contributed by atoms with van der Waals surface area (Å²) in [4.78, 5) is 0. The molecule has 19 heavy (non-hydrogen) atoms. The van der Waals surface area contributed by atoms with Gasteiger partial charge in [0, 0.05) is 12.0 Å². The van der Waals surface area contributed by atoms with Gasteiger partial charge < -0.3 is 0 Å². The van der Waals surface area contributed by atoms with Gasteiger partial charge >= 0.3 is 0 Å². The summed E-state index contributed by atoms with van der Waals surface area (Å²) in [6, 6.07) is 0. The zero-order valence-corrected chi connectivity index (χ0v) is 15.5. The second-order valence-electron chi connectivity index (χ2n) is 4.66. The van der Waals surface area contributed by atoms with Gasteiger partial charge in [-0.25, -0.2) is 0 Å². The quantitative estimate of drug-likeness (QED) is 0.199. The Labute approximate surface area is 134 Å². The molecule has 0 radical (unpaired) electrons. The molecule has 0 aliphatic carbocycles. The Morgan fingerprint density at radius 3 is 1.89 bits per heavy atom. The van der Waals surface area contributed by atoms with E-state index >= 15 is 0 Å². The van der Waals surface area contributed by atoms with Crippen LogP contribution in [0.3, 0.4) is 0 Å². The van der Waals surface area contributed by atoms with Gasteiger partial charge in [0.25, 0.3) is 0 Å².